The summed E-state index contributed by atoms with van der Waals surface area (Å²) < 4.78 is 31.2. The van der Waals surface area contributed by atoms with Crippen LogP contribution in [-0.4, -0.2) is 64.4 Å². The van der Waals surface area contributed by atoms with Gasteiger partial charge in [-0.05, 0) is 56.6 Å². The van der Waals surface area contributed by atoms with E-state index in [1.807, 2.05) is 0 Å². The van der Waals surface area contributed by atoms with Crippen LogP contribution >= 0.6 is 0 Å². The van der Waals surface area contributed by atoms with Crippen LogP contribution in [0.15, 0.2) is 24.3 Å². The number of likely N-dealkylation sites (tertiary alicyclic amines) is 1. The Morgan fingerprint density at radius 1 is 1.25 bits per heavy atom. The molecule has 1 heterocycles. The number of ether oxygens (including phenoxy) is 1. The molecule has 1 saturated heterocycles. The summed E-state index contributed by atoms with van der Waals surface area (Å²) in [6, 6.07) is 6.50. The summed E-state index contributed by atoms with van der Waals surface area (Å²) in [7, 11) is 1.70. The fraction of sp³-hybridized carbons (Fsp3) is 0.588. The average Bonchev–Trinajstić information content (AvgIpc) is 2.56. The van der Waals surface area contributed by atoms with Crippen LogP contribution in [-0.2, 0) is 20.5 Å². The summed E-state index contributed by atoms with van der Waals surface area (Å²) in [5.74, 6) is -0.0659. The standard InChI is InChI=1S/C17H26N2O4S/c1-18-10-8-14(9-11-18)12-19(2)24(21,22)13-15-4-6-16(7-5-15)17(20)23-3/h4-7,14H,8-13H2,1-3H3. The molecule has 0 spiro atoms. The van der Waals surface area contributed by atoms with Gasteiger partial charge in [0.15, 0.2) is 0 Å². The van der Waals surface area contributed by atoms with Gasteiger partial charge in [0.2, 0.25) is 10.0 Å². The number of sulfonamides is 1. The molecule has 1 aliphatic rings. The highest BCUT2D eigenvalue weighted by Crippen LogP contribution is 2.19. The van der Waals surface area contributed by atoms with Gasteiger partial charge in [-0.25, -0.2) is 17.5 Å². The minimum Gasteiger partial charge on any atom is -0.465 e. The molecule has 0 amide bonds. The van der Waals surface area contributed by atoms with Crippen molar-refractivity contribution in [3.8, 4) is 0 Å². The van der Waals surface area contributed by atoms with Gasteiger partial charge in [0.1, 0.15) is 0 Å². The van der Waals surface area contributed by atoms with E-state index in [1.165, 1.54) is 11.4 Å². The third kappa shape index (κ3) is 5.03. The summed E-state index contributed by atoms with van der Waals surface area (Å²) >= 11 is 0. The lowest BCUT2D eigenvalue weighted by atomic mass is 9.97. The number of hydrogen-bond donors (Lipinski definition) is 0. The maximum Gasteiger partial charge on any atom is 0.337 e. The lowest BCUT2D eigenvalue weighted by Crippen LogP contribution is -2.38. The van der Waals surface area contributed by atoms with Crippen molar-refractivity contribution >= 4 is 16.0 Å². The zero-order valence-corrected chi connectivity index (χ0v) is 15.4. The third-order valence-electron chi connectivity index (χ3n) is 4.55. The quantitative estimate of drug-likeness (QED) is 0.726. The molecular formula is C17H26N2O4S. The highest BCUT2D eigenvalue weighted by Gasteiger charge is 2.24. The van der Waals surface area contributed by atoms with E-state index in [2.05, 4.69) is 16.7 Å². The van der Waals surface area contributed by atoms with Gasteiger partial charge in [-0.3, -0.25) is 0 Å². The first kappa shape index (κ1) is 18.9. The van der Waals surface area contributed by atoms with E-state index >= 15 is 0 Å². The Balaban J connectivity index is 1.95. The predicted molar refractivity (Wildman–Crippen MR) is 93.3 cm³/mol. The molecule has 1 aliphatic heterocycles. The van der Waals surface area contributed by atoms with Crippen LogP contribution in [0.3, 0.4) is 0 Å². The Morgan fingerprint density at radius 3 is 2.38 bits per heavy atom. The monoisotopic (exact) mass is 354 g/mol. The molecule has 0 bridgehead atoms. The van der Waals surface area contributed by atoms with Gasteiger partial charge in [-0.15, -0.1) is 0 Å². The van der Waals surface area contributed by atoms with Crippen LogP contribution in [0, 0.1) is 5.92 Å². The number of esters is 1. The summed E-state index contributed by atoms with van der Waals surface area (Å²) in [5, 5.41) is 0. The van der Waals surface area contributed by atoms with Crippen molar-refractivity contribution in [1.29, 1.82) is 0 Å². The Labute approximate surface area is 144 Å². The normalized spacial score (nSPS) is 17.2. The predicted octanol–water partition coefficient (Wildman–Crippen LogP) is 1.58. The van der Waals surface area contributed by atoms with Gasteiger partial charge < -0.3 is 9.64 Å². The van der Waals surface area contributed by atoms with Crippen molar-refractivity contribution in [2.24, 2.45) is 5.92 Å². The number of rotatable bonds is 6. The van der Waals surface area contributed by atoms with Crippen LogP contribution in [0.25, 0.3) is 0 Å². The van der Waals surface area contributed by atoms with Crippen LogP contribution in [0.4, 0.5) is 0 Å². The molecule has 1 aromatic carbocycles. The third-order valence-corrected chi connectivity index (χ3v) is 6.35. The summed E-state index contributed by atoms with van der Waals surface area (Å²) in [6.07, 6.45) is 2.06. The maximum atomic E-state index is 12.5. The van der Waals surface area contributed by atoms with E-state index in [-0.39, 0.29) is 5.75 Å². The van der Waals surface area contributed by atoms with Gasteiger partial charge in [0, 0.05) is 13.6 Å². The molecule has 24 heavy (non-hydrogen) atoms. The molecule has 0 saturated carbocycles. The van der Waals surface area contributed by atoms with E-state index in [4.69, 9.17) is 0 Å². The minimum atomic E-state index is -3.36. The Kier molecular flexibility index (Phi) is 6.37. The molecule has 2 rings (SSSR count). The molecule has 0 N–H and O–H groups in total. The molecule has 0 unspecified atom stereocenters. The zero-order valence-electron chi connectivity index (χ0n) is 14.6. The zero-order chi connectivity index (χ0) is 17.7. The second-order valence-electron chi connectivity index (χ2n) is 6.47. The molecule has 1 aromatic rings. The first-order valence-corrected chi connectivity index (χ1v) is 9.72. The molecular weight excluding hydrogens is 328 g/mol. The van der Waals surface area contributed by atoms with Crippen LogP contribution < -0.4 is 0 Å². The Morgan fingerprint density at radius 2 is 1.83 bits per heavy atom. The number of methoxy groups -OCH3 is 1. The van der Waals surface area contributed by atoms with Crippen molar-refractivity contribution in [2.75, 3.05) is 40.8 Å². The van der Waals surface area contributed by atoms with E-state index in [0.29, 0.717) is 23.6 Å². The van der Waals surface area contributed by atoms with E-state index in [1.54, 1.807) is 31.3 Å². The topological polar surface area (TPSA) is 66.9 Å². The van der Waals surface area contributed by atoms with Crippen LogP contribution in [0.1, 0.15) is 28.8 Å². The molecule has 0 aliphatic carbocycles. The number of benzene rings is 1. The summed E-state index contributed by atoms with van der Waals surface area (Å²) in [4.78, 5) is 13.7. The second-order valence-corrected chi connectivity index (χ2v) is 8.55. The number of carbonyl (C=O) groups is 1. The Bertz CT molecular complexity index is 650. The van der Waals surface area contributed by atoms with Gasteiger partial charge in [-0.2, -0.15) is 0 Å². The lowest BCUT2D eigenvalue weighted by Gasteiger charge is -2.31. The molecule has 7 heteroatoms. The second kappa shape index (κ2) is 8.09. The molecule has 0 atom stereocenters. The first-order valence-electron chi connectivity index (χ1n) is 8.11. The summed E-state index contributed by atoms with van der Waals surface area (Å²) in [6.45, 7) is 2.61. The lowest BCUT2D eigenvalue weighted by molar-refractivity contribution is 0.0600. The van der Waals surface area contributed by atoms with Gasteiger partial charge in [0.25, 0.3) is 0 Å². The molecule has 134 valence electrons. The fourth-order valence-electron chi connectivity index (χ4n) is 2.90. The van der Waals surface area contributed by atoms with Gasteiger partial charge >= 0.3 is 5.97 Å². The van der Waals surface area contributed by atoms with Gasteiger partial charge in [-0.1, -0.05) is 12.1 Å². The first-order chi connectivity index (χ1) is 11.3. The van der Waals surface area contributed by atoms with Crippen molar-refractivity contribution < 1.29 is 17.9 Å². The molecule has 0 aromatic heterocycles. The number of carbonyl (C=O) groups excluding carboxylic acids is 1. The maximum absolute atomic E-state index is 12.5. The van der Waals surface area contributed by atoms with Crippen molar-refractivity contribution in [1.82, 2.24) is 9.21 Å². The average molecular weight is 354 g/mol. The van der Waals surface area contributed by atoms with Gasteiger partial charge in [0.05, 0.1) is 18.4 Å². The van der Waals surface area contributed by atoms with E-state index in [9.17, 15) is 13.2 Å². The number of piperidine rings is 1. The molecule has 0 radical (unpaired) electrons. The van der Waals surface area contributed by atoms with Crippen LogP contribution in [0.5, 0.6) is 0 Å². The van der Waals surface area contributed by atoms with Crippen molar-refractivity contribution in [2.45, 2.75) is 18.6 Å². The Hall–Kier alpha value is -1.44. The van der Waals surface area contributed by atoms with Crippen molar-refractivity contribution in [3.05, 3.63) is 35.4 Å². The highest BCUT2D eigenvalue weighted by atomic mass is 32.2. The molecule has 6 nitrogen and oxygen atoms in total. The smallest absolute Gasteiger partial charge is 0.337 e. The largest absolute Gasteiger partial charge is 0.465 e. The number of hydrogen-bond acceptors (Lipinski definition) is 5. The van der Waals surface area contributed by atoms with Crippen LogP contribution in [0.2, 0.25) is 0 Å². The van der Waals surface area contributed by atoms with Crippen molar-refractivity contribution in [3.63, 3.8) is 0 Å². The summed E-state index contributed by atoms with van der Waals surface area (Å²) in [5.41, 5.74) is 1.08. The van der Waals surface area contributed by atoms with E-state index < -0.39 is 16.0 Å². The molecule has 1 fully saturated rings. The SMILES string of the molecule is COC(=O)c1ccc(CS(=O)(=O)N(C)CC2CCN(C)CC2)cc1. The highest BCUT2D eigenvalue weighted by molar-refractivity contribution is 7.88. The van der Waals surface area contributed by atoms with E-state index in [0.717, 1.165) is 25.9 Å². The minimum absolute atomic E-state index is 0.0580. The fourth-order valence-corrected chi connectivity index (χ4v) is 4.17. The number of nitrogens with zero attached hydrogens (tertiary/aromatic N) is 2.